The minimum Gasteiger partial charge on any atom is -0.492 e. The molecule has 0 spiro atoms. The predicted octanol–water partition coefficient (Wildman–Crippen LogP) is 1.08. The summed E-state index contributed by atoms with van der Waals surface area (Å²) in [7, 11) is 1.49. The molecule has 10 nitrogen and oxygen atoms in total. The third kappa shape index (κ3) is 4.28. The maximum absolute atomic E-state index is 12.8. The van der Waals surface area contributed by atoms with Crippen LogP contribution in [-0.4, -0.2) is 61.5 Å². The molecule has 33 heavy (non-hydrogen) atoms. The molecule has 1 aromatic carbocycles. The number of nitrogens with zero attached hydrogens (tertiary/aromatic N) is 6. The molecular formula is C23H29N7O3. The summed E-state index contributed by atoms with van der Waals surface area (Å²) in [6.07, 6.45) is 4.93. The number of benzene rings is 1. The Morgan fingerprint density at radius 2 is 1.85 bits per heavy atom. The van der Waals surface area contributed by atoms with Gasteiger partial charge in [-0.05, 0) is 50.1 Å². The van der Waals surface area contributed by atoms with E-state index in [-0.39, 0.29) is 28.9 Å². The van der Waals surface area contributed by atoms with Crippen molar-refractivity contribution in [1.82, 2.24) is 29.2 Å². The van der Waals surface area contributed by atoms with Crippen LogP contribution in [-0.2, 0) is 7.05 Å². The molecule has 2 aliphatic rings. The van der Waals surface area contributed by atoms with E-state index in [0.29, 0.717) is 12.4 Å². The molecule has 1 saturated carbocycles. The van der Waals surface area contributed by atoms with Gasteiger partial charge >= 0.3 is 5.69 Å². The van der Waals surface area contributed by atoms with Crippen LogP contribution in [0.5, 0.6) is 5.75 Å². The van der Waals surface area contributed by atoms with Crippen LogP contribution in [0.3, 0.4) is 0 Å². The first-order chi connectivity index (χ1) is 16.0. The summed E-state index contributed by atoms with van der Waals surface area (Å²) in [5, 5.41) is 8.52. The summed E-state index contributed by atoms with van der Waals surface area (Å²) >= 11 is 0. The summed E-state index contributed by atoms with van der Waals surface area (Å²) in [4.78, 5) is 32.4. The van der Waals surface area contributed by atoms with E-state index in [9.17, 15) is 9.59 Å². The van der Waals surface area contributed by atoms with Gasteiger partial charge in [0.2, 0.25) is 0 Å². The zero-order chi connectivity index (χ0) is 22.9. The maximum atomic E-state index is 12.8. The summed E-state index contributed by atoms with van der Waals surface area (Å²) < 4.78 is 8.56. The molecule has 1 aliphatic heterocycles. The Morgan fingerprint density at radius 3 is 2.55 bits per heavy atom. The number of hydrogen-bond donors (Lipinski definition) is 1. The van der Waals surface area contributed by atoms with Gasteiger partial charge in [0.25, 0.3) is 5.56 Å². The monoisotopic (exact) mass is 451 g/mol. The van der Waals surface area contributed by atoms with Crippen LogP contribution >= 0.6 is 0 Å². The van der Waals surface area contributed by atoms with E-state index >= 15 is 0 Å². The van der Waals surface area contributed by atoms with Crippen LogP contribution in [0.25, 0.3) is 22.6 Å². The van der Waals surface area contributed by atoms with Gasteiger partial charge in [0.1, 0.15) is 12.4 Å². The Bertz CT molecular complexity index is 1260. The highest BCUT2D eigenvalue weighted by atomic mass is 16.5. The second kappa shape index (κ2) is 9.03. The topological polar surface area (TPSA) is 121 Å². The molecule has 3 heterocycles. The summed E-state index contributed by atoms with van der Waals surface area (Å²) in [6, 6.07) is 7.71. The fourth-order valence-electron chi connectivity index (χ4n) is 4.80. The maximum Gasteiger partial charge on any atom is 0.332 e. The van der Waals surface area contributed by atoms with Gasteiger partial charge in [-0.25, -0.2) is 9.78 Å². The zero-order valence-electron chi connectivity index (χ0n) is 18.8. The van der Waals surface area contributed by atoms with Crippen LogP contribution in [0.4, 0.5) is 0 Å². The molecule has 3 aromatic rings. The van der Waals surface area contributed by atoms with Gasteiger partial charge in [-0.1, -0.05) is 12.8 Å². The average molecular weight is 452 g/mol. The van der Waals surface area contributed by atoms with Crippen LogP contribution < -0.4 is 21.7 Å². The molecule has 1 aliphatic carbocycles. The molecule has 2 aromatic heterocycles. The second-order valence-corrected chi connectivity index (χ2v) is 8.98. The lowest BCUT2D eigenvalue weighted by Crippen LogP contribution is -2.40. The van der Waals surface area contributed by atoms with Crippen LogP contribution in [0, 0.1) is 0 Å². The number of likely N-dealkylation sites (tertiary alicyclic amines) is 1. The molecule has 1 unspecified atom stereocenters. The van der Waals surface area contributed by atoms with Crippen LogP contribution in [0.2, 0.25) is 0 Å². The van der Waals surface area contributed by atoms with Gasteiger partial charge in [0.15, 0.2) is 17.0 Å². The van der Waals surface area contributed by atoms with E-state index in [0.717, 1.165) is 67.6 Å². The third-order valence-electron chi connectivity index (χ3n) is 6.68. The van der Waals surface area contributed by atoms with Gasteiger partial charge in [-0.2, -0.15) is 0 Å². The van der Waals surface area contributed by atoms with Crippen molar-refractivity contribution in [2.45, 2.75) is 44.2 Å². The number of nitrogens with two attached hydrogens (primary N) is 1. The quantitative estimate of drug-likeness (QED) is 0.591. The lowest BCUT2D eigenvalue weighted by Gasteiger charge is -2.16. The Morgan fingerprint density at radius 1 is 1.09 bits per heavy atom. The number of hydrogen-bond acceptors (Lipinski definition) is 8. The molecule has 10 heteroatoms. The lowest BCUT2D eigenvalue weighted by atomic mass is 10.2. The van der Waals surface area contributed by atoms with E-state index in [2.05, 4.69) is 20.1 Å². The second-order valence-electron chi connectivity index (χ2n) is 8.98. The fourth-order valence-corrected chi connectivity index (χ4v) is 4.80. The number of aromatic nitrogens is 5. The van der Waals surface area contributed by atoms with E-state index < -0.39 is 5.56 Å². The number of ether oxygens (including phenoxy) is 1. The minimum absolute atomic E-state index is 0.0291. The van der Waals surface area contributed by atoms with Gasteiger partial charge in [0.05, 0.1) is 0 Å². The normalized spacial score (nSPS) is 19.5. The van der Waals surface area contributed by atoms with Crippen molar-refractivity contribution in [1.29, 1.82) is 0 Å². The molecule has 2 fully saturated rings. The molecule has 5 rings (SSSR count). The number of fused-ring (bicyclic) bond motifs is 1. The molecule has 1 atom stereocenters. The molecule has 0 amide bonds. The summed E-state index contributed by atoms with van der Waals surface area (Å²) in [6.45, 7) is 3.38. The third-order valence-corrected chi connectivity index (χ3v) is 6.68. The molecule has 1 saturated heterocycles. The lowest BCUT2D eigenvalue weighted by molar-refractivity contribution is 0.236. The smallest absolute Gasteiger partial charge is 0.332 e. The van der Waals surface area contributed by atoms with Crippen molar-refractivity contribution in [2.24, 2.45) is 12.8 Å². The minimum atomic E-state index is -0.456. The first kappa shape index (κ1) is 21.7. The fraction of sp³-hybridized carbons (Fsp3) is 0.522. The molecule has 174 valence electrons. The first-order valence-corrected chi connectivity index (χ1v) is 11.6. The standard InChI is InChI=1S/C23H29N7O3/c1-28-22(31)19-21(30(23(28)32)17-4-2-3-5-17)27-26-20(25-19)15-6-8-18(9-7-15)33-13-12-29-11-10-16(24)14-29/h6-9,16-17H,2-5,10-14,24H2,1H3. The summed E-state index contributed by atoms with van der Waals surface area (Å²) in [5.74, 6) is 1.09. The van der Waals surface area contributed by atoms with Crippen LogP contribution in [0.1, 0.15) is 38.1 Å². The SMILES string of the molecule is Cn1c(=O)c2nc(-c3ccc(OCCN4CCC(N)C4)cc3)nnc2n(C2CCCC2)c1=O. The summed E-state index contributed by atoms with van der Waals surface area (Å²) in [5.41, 5.74) is 6.28. The van der Waals surface area contributed by atoms with Crippen molar-refractivity contribution in [3.05, 3.63) is 45.1 Å². The Kier molecular flexibility index (Phi) is 5.94. The average Bonchev–Trinajstić information content (AvgIpc) is 3.50. The number of rotatable bonds is 6. The van der Waals surface area contributed by atoms with Crippen molar-refractivity contribution in [3.8, 4) is 17.1 Å². The van der Waals surface area contributed by atoms with Crippen molar-refractivity contribution < 1.29 is 4.74 Å². The molecule has 2 N–H and O–H groups in total. The van der Waals surface area contributed by atoms with Crippen molar-refractivity contribution >= 4 is 11.2 Å². The van der Waals surface area contributed by atoms with Crippen molar-refractivity contribution in [2.75, 3.05) is 26.2 Å². The van der Waals surface area contributed by atoms with Gasteiger partial charge < -0.3 is 10.5 Å². The molecule has 0 bridgehead atoms. The zero-order valence-corrected chi connectivity index (χ0v) is 18.8. The molecular weight excluding hydrogens is 422 g/mol. The first-order valence-electron chi connectivity index (χ1n) is 11.6. The highest BCUT2D eigenvalue weighted by Gasteiger charge is 2.24. The highest BCUT2D eigenvalue weighted by molar-refractivity contribution is 5.71. The Balaban J connectivity index is 1.37. The van der Waals surface area contributed by atoms with E-state index in [1.165, 1.54) is 7.05 Å². The van der Waals surface area contributed by atoms with E-state index in [1.54, 1.807) is 4.57 Å². The largest absolute Gasteiger partial charge is 0.492 e. The Hall–Kier alpha value is -3.11. The Labute approximate surface area is 191 Å². The van der Waals surface area contributed by atoms with E-state index in [4.69, 9.17) is 10.5 Å². The van der Waals surface area contributed by atoms with Gasteiger partial charge in [-0.3, -0.25) is 18.8 Å². The van der Waals surface area contributed by atoms with Gasteiger partial charge in [-0.15, -0.1) is 10.2 Å². The van der Waals surface area contributed by atoms with Crippen LogP contribution in [0.15, 0.2) is 33.9 Å². The van der Waals surface area contributed by atoms with Crippen molar-refractivity contribution in [3.63, 3.8) is 0 Å². The van der Waals surface area contributed by atoms with E-state index in [1.807, 2.05) is 24.3 Å². The predicted molar refractivity (Wildman–Crippen MR) is 124 cm³/mol. The van der Waals surface area contributed by atoms with Gasteiger partial charge in [0, 0.05) is 37.8 Å². The molecule has 0 radical (unpaired) electrons. The highest BCUT2D eigenvalue weighted by Crippen LogP contribution is 2.29.